The molecule has 1 N–H and O–H groups in total. The number of nitrogens with zero attached hydrogens (tertiary/aromatic N) is 2. The Labute approximate surface area is 126 Å². The van der Waals surface area contributed by atoms with Crippen molar-refractivity contribution in [2.24, 2.45) is 0 Å². The van der Waals surface area contributed by atoms with Crippen molar-refractivity contribution < 1.29 is 14.3 Å². The largest absolute Gasteiger partial charge is 0.461 e. The highest BCUT2D eigenvalue weighted by molar-refractivity contribution is 7.15. The molecule has 110 valence electrons. The van der Waals surface area contributed by atoms with Gasteiger partial charge in [-0.3, -0.25) is 10.1 Å². The number of aromatic nitrogens is 2. The zero-order valence-corrected chi connectivity index (χ0v) is 12.8. The van der Waals surface area contributed by atoms with Gasteiger partial charge in [-0.2, -0.15) is 0 Å². The second-order valence-electron chi connectivity index (χ2n) is 4.24. The van der Waals surface area contributed by atoms with Crippen LogP contribution in [-0.2, 0) is 4.74 Å². The Kier molecular flexibility index (Phi) is 4.64. The monoisotopic (exact) mass is 305 g/mol. The number of carbonyl (C=O) groups excluding carboxylic acids is 2. The topological polar surface area (TPSA) is 81.2 Å². The first-order chi connectivity index (χ1) is 10.0. The van der Waals surface area contributed by atoms with Gasteiger partial charge in [0.05, 0.1) is 12.3 Å². The Hall–Kier alpha value is -2.28. The van der Waals surface area contributed by atoms with Crippen LogP contribution in [0.4, 0.5) is 5.13 Å². The molecule has 0 saturated heterocycles. The highest BCUT2D eigenvalue weighted by atomic mass is 32.1. The van der Waals surface area contributed by atoms with Gasteiger partial charge in [-0.25, -0.2) is 14.8 Å². The summed E-state index contributed by atoms with van der Waals surface area (Å²) in [5.41, 5.74) is 1.13. The fraction of sp³-hybridized carbons (Fsp3) is 0.286. The predicted octanol–water partition coefficient (Wildman–Crippen LogP) is 2.58. The molecule has 1 amide bonds. The van der Waals surface area contributed by atoms with E-state index in [0.717, 1.165) is 10.6 Å². The van der Waals surface area contributed by atoms with Crippen LogP contribution >= 0.6 is 11.3 Å². The van der Waals surface area contributed by atoms with Crippen LogP contribution in [0.25, 0.3) is 0 Å². The number of hydrogen-bond donors (Lipinski definition) is 1. The van der Waals surface area contributed by atoms with Crippen LogP contribution < -0.4 is 5.32 Å². The summed E-state index contributed by atoms with van der Waals surface area (Å²) in [4.78, 5) is 33.0. The van der Waals surface area contributed by atoms with Crippen molar-refractivity contribution in [1.29, 1.82) is 0 Å². The van der Waals surface area contributed by atoms with Crippen molar-refractivity contribution in [2.75, 3.05) is 11.9 Å². The zero-order chi connectivity index (χ0) is 15.4. The molecule has 7 heteroatoms. The Morgan fingerprint density at radius 1 is 1.24 bits per heavy atom. The fourth-order valence-electron chi connectivity index (χ4n) is 1.57. The molecule has 0 aliphatic rings. The Bertz CT molecular complexity index is 662. The lowest BCUT2D eigenvalue weighted by atomic mass is 10.3. The maximum Gasteiger partial charge on any atom is 0.356 e. The minimum absolute atomic E-state index is 0.107. The van der Waals surface area contributed by atoms with Gasteiger partial charge in [-0.1, -0.05) is 6.07 Å². The molecule has 2 aromatic heterocycles. The number of esters is 1. The lowest BCUT2D eigenvalue weighted by Crippen LogP contribution is -2.16. The van der Waals surface area contributed by atoms with Crippen molar-refractivity contribution >= 4 is 28.3 Å². The van der Waals surface area contributed by atoms with Crippen molar-refractivity contribution in [3.05, 3.63) is 40.2 Å². The zero-order valence-electron chi connectivity index (χ0n) is 12.0. The molecular weight excluding hydrogens is 290 g/mol. The average Bonchev–Trinajstić information content (AvgIpc) is 2.77. The molecule has 2 heterocycles. The molecule has 6 nitrogen and oxygen atoms in total. The summed E-state index contributed by atoms with van der Waals surface area (Å²) in [6, 6.07) is 4.63. The van der Waals surface area contributed by atoms with E-state index in [-0.39, 0.29) is 18.0 Å². The van der Waals surface area contributed by atoms with Crippen molar-refractivity contribution in [3.63, 3.8) is 0 Å². The molecular formula is C14H15N3O3S. The van der Waals surface area contributed by atoms with Gasteiger partial charge < -0.3 is 4.74 Å². The molecule has 2 rings (SSSR count). The first-order valence-corrected chi connectivity index (χ1v) is 7.22. The van der Waals surface area contributed by atoms with E-state index in [1.807, 2.05) is 13.8 Å². The number of pyridine rings is 1. The molecule has 0 saturated carbocycles. The van der Waals surface area contributed by atoms with Crippen LogP contribution in [0.3, 0.4) is 0 Å². The van der Waals surface area contributed by atoms with Crippen molar-refractivity contribution in [3.8, 4) is 0 Å². The van der Waals surface area contributed by atoms with Gasteiger partial charge in [0.2, 0.25) is 0 Å². The van der Waals surface area contributed by atoms with E-state index in [9.17, 15) is 9.59 Å². The second-order valence-corrected chi connectivity index (χ2v) is 5.45. The normalized spacial score (nSPS) is 10.2. The van der Waals surface area contributed by atoms with E-state index >= 15 is 0 Å². The first kappa shape index (κ1) is 15.1. The molecule has 0 bridgehead atoms. The molecule has 0 fully saturated rings. The second kappa shape index (κ2) is 6.45. The minimum atomic E-state index is -0.548. The molecule has 0 radical (unpaired) electrons. The van der Waals surface area contributed by atoms with Crippen molar-refractivity contribution in [1.82, 2.24) is 9.97 Å². The number of ether oxygens (including phenoxy) is 1. The van der Waals surface area contributed by atoms with Crippen LogP contribution in [-0.4, -0.2) is 28.5 Å². The van der Waals surface area contributed by atoms with E-state index in [1.165, 1.54) is 23.5 Å². The lowest BCUT2D eigenvalue weighted by molar-refractivity contribution is 0.0519. The average molecular weight is 305 g/mol. The number of nitrogens with one attached hydrogen (secondary N) is 1. The minimum Gasteiger partial charge on any atom is -0.461 e. The maximum atomic E-state index is 12.1. The third-order valence-electron chi connectivity index (χ3n) is 2.72. The number of thiazole rings is 1. The van der Waals surface area contributed by atoms with E-state index in [4.69, 9.17) is 4.74 Å². The highest BCUT2D eigenvalue weighted by Gasteiger charge is 2.14. The van der Waals surface area contributed by atoms with Gasteiger partial charge in [-0.05, 0) is 32.9 Å². The molecule has 21 heavy (non-hydrogen) atoms. The summed E-state index contributed by atoms with van der Waals surface area (Å²) < 4.78 is 4.86. The number of aryl methyl sites for hydroxylation is 2. The fourth-order valence-corrected chi connectivity index (χ4v) is 2.38. The number of hydrogen-bond acceptors (Lipinski definition) is 6. The Balaban J connectivity index is 2.15. The smallest absolute Gasteiger partial charge is 0.356 e. The standard InChI is InChI=1S/C14H15N3O3S/c1-4-20-13(19)11-7-5-6-10(16-11)12(18)17-14-15-8(2)9(3)21-14/h5-7H,4H2,1-3H3,(H,15,17,18). The van der Waals surface area contributed by atoms with Gasteiger partial charge in [0, 0.05) is 4.88 Å². The van der Waals surface area contributed by atoms with Gasteiger partial charge in [0.1, 0.15) is 11.4 Å². The first-order valence-electron chi connectivity index (χ1n) is 6.40. The molecule has 0 aromatic carbocycles. The summed E-state index contributed by atoms with van der Waals surface area (Å²) in [6.45, 7) is 5.78. The third-order valence-corrected chi connectivity index (χ3v) is 3.70. The van der Waals surface area contributed by atoms with Crippen LogP contribution in [0.15, 0.2) is 18.2 Å². The van der Waals surface area contributed by atoms with E-state index < -0.39 is 11.9 Å². The summed E-state index contributed by atoms with van der Waals surface area (Å²) in [6.07, 6.45) is 0. The SMILES string of the molecule is CCOC(=O)c1cccc(C(=O)Nc2nc(C)c(C)s2)n1. The Morgan fingerprint density at radius 3 is 2.57 bits per heavy atom. The van der Waals surface area contributed by atoms with Crippen LogP contribution in [0.2, 0.25) is 0 Å². The molecule has 0 atom stereocenters. The van der Waals surface area contributed by atoms with Gasteiger partial charge in [-0.15, -0.1) is 11.3 Å². The van der Waals surface area contributed by atoms with Crippen LogP contribution in [0.1, 0.15) is 38.5 Å². The molecule has 0 aliphatic carbocycles. The van der Waals surface area contributed by atoms with Gasteiger partial charge in [0.25, 0.3) is 5.91 Å². The van der Waals surface area contributed by atoms with Crippen molar-refractivity contribution in [2.45, 2.75) is 20.8 Å². The molecule has 0 aliphatic heterocycles. The van der Waals surface area contributed by atoms with Gasteiger partial charge in [0.15, 0.2) is 5.13 Å². The maximum absolute atomic E-state index is 12.1. The summed E-state index contributed by atoms with van der Waals surface area (Å²) >= 11 is 1.39. The van der Waals surface area contributed by atoms with Crippen LogP contribution in [0.5, 0.6) is 0 Å². The van der Waals surface area contributed by atoms with Gasteiger partial charge >= 0.3 is 5.97 Å². The molecule has 0 unspecified atom stereocenters. The number of rotatable bonds is 4. The number of carbonyl (C=O) groups is 2. The Morgan fingerprint density at radius 2 is 1.95 bits per heavy atom. The number of anilines is 1. The van der Waals surface area contributed by atoms with E-state index in [1.54, 1.807) is 13.0 Å². The van der Waals surface area contributed by atoms with E-state index in [2.05, 4.69) is 15.3 Å². The predicted molar refractivity (Wildman–Crippen MR) is 79.7 cm³/mol. The van der Waals surface area contributed by atoms with Crippen LogP contribution in [0, 0.1) is 13.8 Å². The lowest BCUT2D eigenvalue weighted by Gasteiger charge is -2.04. The third kappa shape index (κ3) is 3.63. The van der Waals surface area contributed by atoms with E-state index in [0.29, 0.717) is 5.13 Å². The molecule has 2 aromatic rings. The summed E-state index contributed by atoms with van der Waals surface area (Å²) in [5.74, 6) is -0.956. The summed E-state index contributed by atoms with van der Waals surface area (Å²) in [5, 5.41) is 3.18. The quantitative estimate of drug-likeness (QED) is 0.878. The summed E-state index contributed by atoms with van der Waals surface area (Å²) in [7, 11) is 0. The highest BCUT2D eigenvalue weighted by Crippen LogP contribution is 2.21. The molecule has 0 spiro atoms. The number of amides is 1.